The predicted molar refractivity (Wildman–Crippen MR) is 86.0 cm³/mol. The Bertz CT molecular complexity index is 593. The Morgan fingerprint density at radius 1 is 1.29 bits per heavy atom. The quantitative estimate of drug-likeness (QED) is 0.873. The highest BCUT2D eigenvalue weighted by molar-refractivity contribution is 7.91. The van der Waals surface area contributed by atoms with Gasteiger partial charge in [0.2, 0.25) is 0 Å². The zero-order chi connectivity index (χ0) is 15.0. The summed E-state index contributed by atoms with van der Waals surface area (Å²) < 4.78 is 28.0. The van der Waals surface area contributed by atoms with Crippen LogP contribution in [0.25, 0.3) is 0 Å². The predicted octanol–water partition coefficient (Wildman–Crippen LogP) is 2.95. The molecular formula is C15H24N2O2S2. The van der Waals surface area contributed by atoms with Gasteiger partial charge in [-0.2, -0.15) is 4.31 Å². The van der Waals surface area contributed by atoms with E-state index in [0.29, 0.717) is 10.3 Å². The van der Waals surface area contributed by atoms with Gasteiger partial charge < -0.3 is 5.32 Å². The normalized spacial score (nSPS) is 27.3. The Labute approximate surface area is 131 Å². The number of rotatable bonds is 6. The lowest BCUT2D eigenvalue weighted by Gasteiger charge is -2.26. The summed E-state index contributed by atoms with van der Waals surface area (Å²) in [6.45, 7) is 4.89. The number of hydrogen-bond donors (Lipinski definition) is 1. The fraction of sp³-hybridized carbons (Fsp3) is 0.733. The molecule has 3 rings (SSSR count). The summed E-state index contributed by atoms with van der Waals surface area (Å²) in [5.74, 6) is 0. The topological polar surface area (TPSA) is 49.4 Å². The molecule has 1 saturated carbocycles. The van der Waals surface area contributed by atoms with Gasteiger partial charge in [-0.3, -0.25) is 0 Å². The zero-order valence-electron chi connectivity index (χ0n) is 12.7. The molecule has 1 aliphatic carbocycles. The van der Waals surface area contributed by atoms with Crippen molar-refractivity contribution in [2.45, 2.75) is 74.8 Å². The zero-order valence-corrected chi connectivity index (χ0v) is 14.3. The Hall–Kier alpha value is -0.430. The van der Waals surface area contributed by atoms with Crippen molar-refractivity contribution in [3.63, 3.8) is 0 Å². The van der Waals surface area contributed by atoms with Crippen LogP contribution in [0.4, 0.5) is 0 Å². The molecule has 6 heteroatoms. The first-order chi connectivity index (χ1) is 10.0. The molecule has 2 heterocycles. The van der Waals surface area contributed by atoms with Gasteiger partial charge in [-0.1, -0.05) is 6.92 Å². The van der Waals surface area contributed by atoms with E-state index in [0.717, 1.165) is 30.7 Å². The van der Waals surface area contributed by atoms with Crippen molar-refractivity contribution in [2.24, 2.45) is 0 Å². The highest BCUT2D eigenvalue weighted by Gasteiger charge is 2.39. The maximum absolute atomic E-state index is 12.9. The Morgan fingerprint density at radius 2 is 2.05 bits per heavy atom. The molecule has 0 radical (unpaired) electrons. The van der Waals surface area contributed by atoms with E-state index in [2.05, 4.69) is 12.2 Å². The smallest absolute Gasteiger partial charge is 0.253 e. The van der Waals surface area contributed by atoms with Gasteiger partial charge in [-0.05, 0) is 51.2 Å². The molecule has 1 N–H and O–H groups in total. The van der Waals surface area contributed by atoms with Crippen molar-refractivity contribution in [1.82, 2.24) is 9.62 Å². The number of nitrogens with zero attached hydrogens (tertiary/aromatic N) is 1. The third-order valence-corrected chi connectivity index (χ3v) is 8.11. The van der Waals surface area contributed by atoms with Gasteiger partial charge in [-0.25, -0.2) is 8.42 Å². The average molecular weight is 329 g/mol. The Kier molecular flexibility index (Phi) is 4.41. The van der Waals surface area contributed by atoms with Crippen molar-refractivity contribution in [3.8, 4) is 0 Å². The molecule has 2 unspecified atom stereocenters. The molecule has 1 aromatic rings. The monoisotopic (exact) mass is 328 g/mol. The fourth-order valence-electron chi connectivity index (χ4n) is 3.09. The van der Waals surface area contributed by atoms with Crippen molar-refractivity contribution >= 4 is 21.4 Å². The molecular weight excluding hydrogens is 304 g/mol. The van der Waals surface area contributed by atoms with E-state index in [-0.39, 0.29) is 12.1 Å². The third-order valence-electron chi connectivity index (χ3n) is 4.49. The Morgan fingerprint density at radius 3 is 2.71 bits per heavy atom. The van der Waals surface area contributed by atoms with Gasteiger partial charge >= 0.3 is 0 Å². The second-order valence-electron chi connectivity index (χ2n) is 6.20. The van der Waals surface area contributed by atoms with Crippen LogP contribution in [0.3, 0.4) is 0 Å². The van der Waals surface area contributed by atoms with Crippen molar-refractivity contribution in [3.05, 3.63) is 17.0 Å². The summed E-state index contributed by atoms with van der Waals surface area (Å²) in [7, 11) is -3.33. The highest BCUT2D eigenvalue weighted by Crippen LogP contribution is 2.35. The summed E-state index contributed by atoms with van der Waals surface area (Å²) in [6, 6.07) is 4.67. The molecule has 2 aliphatic rings. The number of sulfonamides is 1. The van der Waals surface area contributed by atoms with Crippen LogP contribution in [0.1, 0.15) is 50.8 Å². The van der Waals surface area contributed by atoms with Crippen LogP contribution >= 0.6 is 11.3 Å². The molecule has 0 amide bonds. The molecule has 1 aliphatic heterocycles. The lowest BCUT2D eigenvalue weighted by molar-refractivity contribution is 0.329. The van der Waals surface area contributed by atoms with Crippen LogP contribution in [-0.2, 0) is 16.6 Å². The molecule has 2 atom stereocenters. The molecule has 1 saturated heterocycles. The standard InChI is InChI=1S/C15H24N2O2S2/c1-3-13-7-4-11(2)17(13)21(18,19)15-9-8-14(20-15)10-16-12-5-6-12/h8-9,11-13,16H,3-7,10H2,1-2H3. The minimum absolute atomic E-state index is 0.120. The first kappa shape index (κ1) is 15.5. The van der Waals surface area contributed by atoms with Gasteiger partial charge in [0.1, 0.15) is 4.21 Å². The van der Waals surface area contributed by atoms with Gasteiger partial charge in [-0.15, -0.1) is 11.3 Å². The largest absolute Gasteiger partial charge is 0.309 e. The minimum Gasteiger partial charge on any atom is -0.309 e. The minimum atomic E-state index is -3.33. The first-order valence-corrected chi connectivity index (χ1v) is 10.1. The maximum atomic E-state index is 12.9. The van der Waals surface area contributed by atoms with Crippen LogP contribution in [0.2, 0.25) is 0 Å². The molecule has 0 spiro atoms. The van der Waals surface area contributed by atoms with Crippen LogP contribution in [-0.4, -0.2) is 30.8 Å². The maximum Gasteiger partial charge on any atom is 0.253 e. The summed E-state index contributed by atoms with van der Waals surface area (Å²) in [5.41, 5.74) is 0. The van der Waals surface area contributed by atoms with E-state index < -0.39 is 10.0 Å². The van der Waals surface area contributed by atoms with Crippen molar-refractivity contribution in [1.29, 1.82) is 0 Å². The van der Waals surface area contributed by atoms with Crippen LogP contribution < -0.4 is 5.32 Å². The lowest BCUT2D eigenvalue weighted by Crippen LogP contribution is -2.39. The highest BCUT2D eigenvalue weighted by atomic mass is 32.2. The average Bonchev–Trinajstić information content (AvgIpc) is 3.00. The van der Waals surface area contributed by atoms with Gasteiger partial charge in [0.25, 0.3) is 10.0 Å². The van der Waals surface area contributed by atoms with Crippen molar-refractivity contribution in [2.75, 3.05) is 0 Å². The second-order valence-corrected chi connectivity index (χ2v) is 9.44. The Balaban J connectivity index is 1.77. The van der Waals surface area contributed by atoms with Gasteiger partial charge in [0.15, 0.2) is 0 Å². The molecule has 0 bridgehead atoms. The van der Waals surface area contributed by atoms with E-state index in [4.69, 9.17) is 0 Å². The lowest BCUT2D eigenvalue weighted by atomic mass is 10.2. The first-order valence-electron chi connectivity index (χ1n) is 7.88. The molecule has 21 heavy (non-hydrogen) atoms. The fourth-order valence-corrected chi connectivity index (χ4v) is 6.45. The molecule has 118 valence electrons. The SMILES string of the molecule is CCC1CCC(C)N1S(=O)(=O)c1ccc(CNC2CC2)s1. The second kappa shape index (κ2) is 5.99. The van der Waals surface area contributed by atoms with E-state index >= 15 is 0 Å². The summed E-state index contributed by atoms with van der Waals surface area (Å²) in [6.07, 6.45) is 5.35. The molecule has 1 aromatic heterocycles. The number of thiophene rings is 1. The van der Waals surface area contributed by atoms with Gasteiger partial charge in [0.05, 0.1) is 0 Å². The van der Waals surface area contributed by atoms with Crippen LogP contribution in [0.15, 0.2) is 16.3 Å². The third kappa shape index (κ3) is 3.18. The number of hydrogen-bond acceptors (Lipinski definition) is 4. The molecule has 4 nitrogen and oxygen atoms in total. The summed E-state index contributed by atoms with van der Waals surface area (Å²) >= 11 is 1.42. The molecule has 0 aromatic carbocycles. The van der Waals surface area contributed by atoms with E-state index in [1.165, 1.54) is 24.2 Å². The van der Waals surface area contributed by atoms with E-state index in [1.54, 1.807) is 10.4 Å². The van der Waals surface area contributed by atoms with Crippen molar-refractivity contribution < 1.29 is 8.42 Å². The van der Waals surface area contributed by atoms with E-state index in [9.17, 15) is 8.42 Å². The van der Waals surface area contributed by atoms with Crippen LogP contribution in [0, 0.1) is 0 Å². The van der Waals surface area contributed by atoms with Gasteiger partial charge in [0, 0.05) is 29.5 Å². The molecule has 2 fully saturated rings. The van der Waals surface area contributed by atoms with E-state index in [1.807, 2.05) is 13.0 Å². The number of nitrogens with one attached hydrogen (secondary N) is 1. The summed E-state index contributed by atoms with van der Waals surface area (Å²) in [5, 5.41) is 3.44. The van der Waals surface area contributed by atoms with Crippen LogP contribution in [0.5, 0.6) is 0 Å². The summed E-state index contributed by atoms with van der Waals surface area (Å²) in [4.78, 5) is 1.11.